The number of cyclic esters (lactones) is 1. The number of nitrogens with zero attached hydrogens (tertiary/aromatic N) is 2. The second kappa shape index (κ2) is 4.68. The Morgan fingerprint density at radius 2 is 2.10 bits per heavy atom. The minimum absolute atomic E-state index is 0.0651. The SMILES string of the molecule is N#CC12C(=O)OCC=C1COC2c1ccc([N+](=O)[O-])cc1. The lowest BCUT2D eigenvalue weighted by Crippen LogP contribution is -2.38. The molecule has 2 atom stereocenters. The summed E-state index contributed by atoms with van der Waals surface area (Å²) in [6.45, 7) is 0.304. The normalized spacial score (nSPS) is 27.3. The van der Waals surface area contributed by atoms with Crippen LogP contribution in [0, 0.1) is 26.9 Å². The topological polar surface area (TPSA) is 102 Å². The number of hydrogen-bond acceptors (Lipinski definition) is 6. The van der Waals surface area contributed by atoms with Crippen LogP contribution in [0.4, 0.5) is 5.69 Å². The lowest BCUT2D eigenvalue weighted by atomic mass is 9.75. The predicted molar refractivity (Wildman–Crippen MR) is 68.9 cm³/mol. The molecular formula is C14H10N2O5. The number of fused-ring (bicyclic) bond motifs is 1. The van der Waals surface area contributed by atoms with Crippen molar-refractivity contribution in [3.8, 4) is 6.07 Å². The van der Waals surface area contributed by atoms with Gasteiger partial charge in [-0.3, -0.25) is 10.1 Å². The van der Waals surface area contributed by atoms with Gasteiger partial charge in [-0.1, -0.05) is 0 Å². The Morgan fingerprint density at radius 1 is 1.38 bits per heavy atom. The summed E-state index contributed by atoms with van der Waals surface area (Å²) < 4.78 is 10.6. The molecule has 7 heteroatoms. The standard InChI is InChI=1S/C14H10N2O5/c15-8-14-10(5-6-20-13(14)17)7-21-12(14)9-1-3-11(4-2-9)16(18)19/h1-5,12H,6-7H2. The molecule has 1 saturated heterocycles. The van der Waals surface area contributed by atoms with Gasteiger partial charge >= 0.3 is 5.97 Å². The van der Waals surface area contributed by atoms with E-state index in [1.807, 2.05) is 6.07 Å². The number of non-ortho nitro benzene ring substituents is 1. The number of carbonyl (C=O) groups excluding carboxylic acids is 1. The number of hydrogen-bond donors (Lipinski definition) is 0. The zero-order chi connectivity index (χ0) is 15.0. The van der Waals surface area contributed by atoms with Crippen LogP contribution in [-0.2, 0) is 14.3 Å². The molecule has 106 valence electrons. The molecule has 7 nitrogen and oxygen atoms in total. The van der Waals surface area contributed by atoms with Gasteiger partial charge in [0.15, 0.2) is 0 Å². The first-order chi connectivity index (χ1) is 10.1. The number of nitro groups is 1. The summed E-state index contributed by atoms with van der Waals surface area (Å²) in [7, 11) is 0. The van der Waals surface area contributed by atoms with Crippen molar-refractivity contribution in [2.45, 2.75) is 6.10 Å². The second-order valence-corrected chi connectivity index (χ2v) is 4.79. The van der Waals surface area contributed by atoms with E-state index >= 15 is 0 Å². The van der Waals surface area contributed by atoms with E-state index in [1.165, 1.54) is 24.3 Å². The molecule has 1 fully saturated rings. The molecule has 3 rings (SSSR count). The number of rotatable bonds is 2. The summed E-state index contributed by atoms with van der Waals surface area (Å²) in [5, 5.41) is 20.2. The molecule has 0 amide bonds. The van der Waals surface area contributed by atoms with Gasteiger partial charge in [-0.25, -0.2) is 4.79 Å². The van der Waals surface area contributed by atoms with Gasteiger partial charge in [-0.15, -0.1) is 0 Å². The van der Waals surface area contributed by atoms with Gasteiger partial charge in [0.1, 0.15) is 12.7 Å². The van der Waals surface area contributed by atoms with Crippen LogP contribution < -0.4 is 0 Å². The molecule has 0 spiro atoms. The number of benzene rings is 1. The Morgan fingerprint density at radius 3 is 2.71 bits per heavy atom. The zero-order valence-corrected chi connectivity index (χ0v) is 10.8. The van der Waals surface area contributed by atoms with Crippen molar-refractivity contribution in [2.75, 3.05) is 13.2 Å². The van der Waals surface area contributed by atoms with Crippen LogP contribution in [0.15, 0.2) is 35.9 Å². The van der Waals surface area contributed by atoms with Crippen molar-refractivity contribution < 1.29 is 19.2 Å². The summed E-state index contributed by atoms with van der Waals surface area (Å²) >= 11 is 0. The number of esters is 1. The quantitative estimate of drug-likeness (QED) is 0.354. The first-order valence-corrected chi connectivity index (χ1v) is 6.23. The van der Waals surface area contributed by atoms with Crippen LogP contribution in [-0.4, -0.2) is 24.1 Å². The van der Waals surface area contributed by atoms with Gasteiger partial charge in [0, 0.05) is 12.1 Å². The van der Waals surface area contributed by atoms with Crippen LogP contribution in [0.5, 0.6) is 0 Å². The van der Waals surface area contributed by atoms with E-state index in [1.54, 1.807) is 6.08 Å². The van der Waals surface area contributed by atoms with Gasteiger partial charge in [-0.05, 0) is 29.3 Å². The highest BCUT2D eigenvalue weighted by atomic mass is 16.6. The fourth-order valence-corrected chi connectivity index (χ4v) is 2.66. The van der Waals surface area contributed by atoms with E-state index in [2.05, 4.69) is 0 Å². The largest absolute Gasteiger partial charge is 0.460 e. The Labute approximate surface area is 119 Å². The second-order valence-electron chi connectivity index (χ2n) is 4.79. The Bertz CT molecular complexity index is 688. The summed E-state index contributed by atoms with van der Waals surface area (Å²) in [5.74, 6) is -0.636. The third-order valence-corrected chi connectivity index (χ3v) is 3.75. The third-order valence-electron chi connectivity index (χ3n) is 3.75. The van der Waals surface area contributed by atoms with Crippen LogP contribution in [0.2, 0.25) is 0 Å². The third kappa shape index (κ3) is 1.80. The van der Waals surface area contributed by atoms with Crippen LogP contribution in [0.3, 0.4) is 0 Å². The molecule has 1 aromatic rings. The molecule has 2 heterocycles. The molecule has 0 saturated carbocycles. The first-order valence-electron chi connectivity index (χ1n) is 6.23. The molecule has 0 aliphatic carbocycles. The molecule has 2 aliphatic rings. The van der Waals surface area contributed by atoms with E-state index in [-0.39, 0.29) is 18.9 Å². The minimum Gasteiger partial charge on any atom is -0.460 e. The van der Waals surface area contributed by atoms with Gasteiger partial charge in [-0.2, -0.15) is 5.26 Å². The predicted octanol–water partition coefficient (Wildman–Crippen LogP) is 1.66. The number of ether oxygens (including phenoxy) is 2. The zero-order valence-electron chi connectivity index (χ0n) is 10.8. The maximum absolute atomic E-state index is 12.1. The van der Waals surface area contributed by atoms with Crippen molar-refractivity contribution in [3.05, 3.63) is 51.6 Å². The van der Waals surface area contributed by atoms with Gasteiger partial charge < -0.3 is 9.47 Å². The molecular weight excluding hydrogens is 276 g/mol. The van der Waals surface area contributed by atoms with E-state index in [0.717, 1.165) is 0 Å². The molecule has 0 aromatic heterocycles. The minimum atomic E-state index is -1.49. The van der Waals surface area contributed by atoms with Crippen LogP contribution >= 0.6 is 0 Å². The summed E-state index contributed by atoms with van der Waals surface area (Å²) in [4.78, 5) is 22.3. The maximum Gasteiger partial charge on any atom is 0.334 e. The highest BCUT2D eigenvalue weighted by molar-refractivity contribution is 5.87. The average molecular weight is 286 g/mol. The smallest absolute Gasteiger partial charge is 0.334 e. The van der Waals surface area contributed by atoms with Gasteiger partial charge in [0.05, 0.1) is 17.6 Å². The molecule has 1 aromatic carbocycles. The molecule has 0 radical (unpaired) electrons. The summed E-state index contributed by atoms with van der Waals surface area (Å²) in [6.07, 6.45) is 0.859. The number of carbonyl (C=O) groups is 1. The molecule has 0 N–H and O–H groups in total. The first kappa shape index (κ1) is 13.3. The maximum atomic E-state index is 12.1. The summed E-state index contributed by atoms with van der Waals surface area (Å²) in [6, 6.07) is 7.64. The van der Waals surface area contributed by atoms with Crippen molar-refractivity contribution >= 4 is 11.7 Å². The summed E-state index contributed by atoms with van der Waals surface area (Å²) in [5.41, 5.74) is -0.437. The van der Waals surface area contributed by atoms with Crippen molar-refractivity contribution in [1.29, 1.82) is 5.26 Å². The van der Waals surface area contributed by atoms with Crippen molar-refractivity contribution in [1.82, 2.24) is 0 Å². The van der Waals surface area contributed by atoms with Crippen LogP contribution in [0.1, 0.15) is 11.7 Å². The van der Waals surface area contributed by atoms with Gasteiger partial charge in [0.25, 0.3) is 5.69 Å². The van der Waals surface area contributed by atoms with Crippen molar-refractivity contribution in [2.24, 2.45) is 5.41 Å². The van der Waals surface area contributed by atoms with E-state index in [9.17, 15) is 20.2 Å². The molecule has 2 unspecified atom stereocenters. The monoisotopic (exact) mass is 286 g/mol. The fraction of sp³-hybridized carbons (Fsp3) is 0.286. The number of nitriles is 1. The molecule has 2 aliphatic heterocycles. The molecule has 0 bridgehead atoms. The Hall–Kier alpha value is -2.72. The van der Waals surface area contributed by atoms with E-state index in [4.69, 9.17) is 9.47 Å². The highest BCUT2D eigenvalue weighted by Crippen LogP contribution is 2.50. The number of nitro benzene ring substituents is 1. The van der Waals surface area contributed by atoms with Gasteiger partial charge in [0.2, 0.25) is 5.41 Å². The van der Waals surface area contributed by atoms with Crippen molar-refractivity contribution in [3.63, 3.8) is 0 Å². The lowest BCUT2D eigenvalue weighted by molar-refractivity contribution is -0.384. The Balaban J connectivity index is 2.04. The Kier molecular flexibility index (Phi) is 2.96. The van der Waals surface area contributed by atoms with E-state index < -0.39 is 22.4 Å². The highest BCUT2D eigenvalue weighted by Gasteiger charge is 2.57. The average Bonchev–Trinajstić information content (AvgIpc) is 2.88. The van der Waals surface area contributed by atoms with E-state index in [0.29, 0.717) is 11.1 Å². The fourth-order valence-electron chi connectivity index (χ4n) is 2.66. The molecule has 21 heavy (non-hydrogen) atoms. The lowest BCUT2D eigenvalue weighted by Gasteiger charge is -2.28. The van der Waals surface area contributed by atoms with Crippen LogP contribution in [0.25, 0.3) is 0 Å².